The lowest BCUT2D eigenvalue weighted by atomic mass is 9.80. The summed E-state index contributed by atoms with van der Waals surface area (Å²) in [6, 6.07) is 8.26. The first-order valence-electron chi connectivity index (χ1n) is 4.50. The number of fused-ring (bicyclic) bond motifs is 1. The van der Waals surface area contributed by atoms with Gasteiger partial charge in [-0.05, 0) is 33.0 Å². The van der Waals surface area contributed by atoms with E-state index >= 15 is 0 Å². The summed E-state index contributed by atoms with van der Waals surface area (Å²) in [5, 5.41) is 0.150. The molecule has 0 aromatic heterocycles. The summed E-state index contributed by atoms with van der Waals surface area (Å²) in [4.78, 5) is 0. The van der Waals surface area contributed by atoms with E-state index in [1.807, 2.05) is 12.1 Å². The van der Waals surface area contributed by atoms with Gasteiger partial charge in [-0.3, -0.25) is 0 Å². The van der Waals surface area contributed by atoms with Crippen LogP contribution in [0.3, 0.4) is 0 Å². The molecule has 0 aliphatic carbocycles. The third-order valence-electron chi connectivity index (χ3n) is 2.54. The number of halogens is 1. The van der Waals surface area contributed by atoms with Crippen molar-refractivity contribution in [3.05, 3.63) is 29.8 Å². The van der Waals surface area contributed by atoms with E-state index in [2.05, 4.69) is 41.9 Å². The van der Waals surface area contributed by atoms with E-state index in [1.54, 1.807) is 0 Å². The van der Waals surface area contributed by atoms with Crippen LogP contribution in [0.5, 0.6) is 5.75 Å². The van der Waals surface area contributed by atoms with Gasteiger partial charge >= 0.3 is 0 Å². The van der Waals surface area contributed by atoms with Crippen molar-refractivity contribution in [2.75, 3.05) is 0 Å². The van der Waals surface area contributed by atoms with Crippen LogP contribution in [0.1, 0.15) is 25.8 Å². The standard InChI is InChI=1S/C11H13BrO/c1-11(2)7-10(12)13-9-6-4-3-5-8(9)11/h3-6,10H,7H2,1-2H3. The van der Waals surface area contributed by atoms with Crippen molar-refractivity contribution >= 4 is 15.9 Å². The number of ether oxygens (including phenoxy) is 1. The van der Waals surface area contributed by atoms with Gasteiger partial charge in [0.25, 0.3) is 0 Å². The molecule has 0 fully saturated rings. The minimum absolute atomic E-state index is 0.150. The van der Waals surface area contributed by atoms with Crippen molar-refractivity contribution in [1.82, 2.24) is 0 Å². The molecule has 0 bridgehead atoms. The van der Waals surface area contributed by atoms with Crippen LogP contribution in [-0.4, -0.2) is 5.01 Å². The number of rotatable bonds is 0. The Morgan fingerprint density at radius 1 is 1.38 bits per heavy atom. The Morgan fingerprint density at radius 2 is 2.08 bits per heavy atom. The second-order valence-electron chi connectivity index (χ2n) is 4.11. The Kier molecular flexibility index (Phi) is 2.11. The average molecular weight is 241 g/mol. The van der Waals surface area contributed by atoms with Crippen molar-refractivity contribution in [3.63, 3.8) is 0 Å². The lowest BCUT2D eigenvalue weighted by Gasteiger charge is -2.35. The predicted octanol–water partition coefficient (Wildman–Crippen LogP) is 3.47. The van der Waals surface area contributed by atoms with Crippen LogP contribution >= 0.6 is 15.9 Å². The summed E-state index contributed by atoms with van der Waals surface area (Å²) in [7, 11) is 0. The minimum atomic E-state index is 0.150. The first-order valence-corrected chi connectivity index (χ1v) is 5.41. The van der Waals surface area contributed by atoms with Gasteiger partial charge < -0.3 is 4.74 Å². The Labute approximate surface area is 87.2 Å². The molecule has 1 aromatic rings. The molecule has 1 unspecified atom stereocenters. The fraction of sp³-hybridized carbons (Fsp3) is 0.455. The van der Waals surface area contributed by atoms with Gasteiger partial charge in [-0.15, -0.1) is 0 Å². The molecule has 0 saturated carbocycles. The van der Waals surface area contributed by atoms with Crippen LogP contribution in [-0.2, 0) is 5.41 Å². The fourth-order valence-corrected chi connectivity index (χ4v) is 2.83. The average Bonchev–Trinajstić information content (AvgIpc) is 2.02. The van der Waals surface area contributed by atoms with Gasteiger partial charge in [0.2, 0.25) is 0 Å². The summed E-state index contributed by atoms with van der Waals surface area (Å²) in [6.07, 6.45) is 1.02. The highest BCUT2D eigenvalue weighted by Crippen LogP contribution is 2.41. The second-order valence-corrected chi connectivity index (χ2v) is 5.13. The van der Waals surface area contributed by atoms with E-state index in [0.29, 0.717) is 0 Å². The molecule has 1 atom stereocenters. The third-order valence-corrected chi connectivity index (χ3v) is 3.05. The quantitative estimate of drug-likeness (QED) is 0.632. The van der Waals surface area contributed by atoms with Crippen molar-refractivity contribution in [2.24, 2.45) is 0 Å². The number of hydrogen-bond donors (Lipinski definition) is 0. The molecule has 0 saturated heterocycles. The van der Waals surface area contributed by atoms with Crippen LogP contribution < -0.4 is 4.74 Å². The van der Waals surface area contributed by atoms with Crippen molar-refractivity contribution < 1.29 is 4.74 Å². The van der Waals surface area contributed by atoms with Crippen LogP contribution in [0.25, 0.3) is 0 Å². The normalized spacial score (nSPS) is 24.7. The number of para-hydroxylation sites is 1. The summed E-state index contributed by atoms with van der Waals surface area (Å²) in [6.45, 7) is 4.51. The minimum Gasteiger partial charge on any atom is -0.479 e. The molecule has 1 aromatic carbocycles. The topological polar surface area (TPSA) is 9.23 Å². The van der Waals surface area contributed by atoms with Gasteiger partial charge in [0.05, 0.1) is 0 Å². The molecule has 0 radical (unpaired) electrons. The van der Waals surface area contributed by atoms with Crippen LogP contribution in [0.4, 0.5) is 0 Å². The zero-order valence-corrected chi connectivity index (χ0v) is 9.47. The Balaban J connectivity index is 2.50. The highest BCUT2D eigenvalue weighted by Gasteiger charge is 2.32. The van der Waals surface area contributed by atoms with Crippen molar-refractivity contribution in [1.29, 1.82) is 0 Å². The maximum Gasteiger partial charge on any atom is 0.154 e. The lowest BCUT2D eigenvalue weighted by molar-refractivity contribution is 0.211. The molecule has 2 rings (SSSR count). The van der Waals surface area contributed by atoms with E-state index in [1.165, 1.54) is 5.56 Å². The van der Waals surface area contributed by atoms with Crippen molar-refractivity contribution in [3.8, 4) is 5.75 Å². The van der Waals surface area contributed by atoms with Gasteiger partial charge in [0, 0.05) is 6.42 Å². The van der Waals surface area contributed by atoms with Gasteiger partial charge in [-0.25, -0.2) is 0 Å². The smallest absolute Gasteiger partial charge is 0.154 e. The maximum atomic E-state index is 5.68. The zero-order chi connectivity index (χ0) is 9.47. The first kappa shape index (κ1) is 9.07. The van der Waals surface area contributed by atoms with Gasteiger partial charge in [-0.1, -0.05) is 32.0 Å². The Morgan fingerprint density at radius 3 is 2.85 bits per heavy atom. The fourth-order valence-electron chi connectivity index (χ4n) is 1.82. The van der Waals surface area contributed by atoms with E-state index in [9.17, 15) is 0 Å². The van der Waals surface area contributed by atoms with Crippen molar-refractivity contribution in [2.45, 2.75) is 30.7 Å². The largest absolute Gasteiger partial charge is 0.479 e. The number of alkyl halides is 1. The predicted molar refractivity (Wildman–Crippen MR) is 57.4 cm³/mol. The summed E-state index contributed by atoms with van der Waals surface area (Å²) in [5.41, 5.74) is 1.52. The highest BCUT2D eigenvalue weighted by molar-refractivity contribution is 9.09. The molecule has 0 spiro atoms. The molecule has 1 heterocycles. The van der Waals surface area contributed by atoms with Crippen LogP contribution in [0, 0.1) is 0 Å². The summed E-state index contributed by atoms with van der Waals surface area (Å²) < 4.78 is 5.68. The molecular weight excluding hydrogens is 228 g/mol. The van der Waals surface area contributed by atoms with Gasteiger partial charge in [0.1, 0.15) is 5.75 Å². The molecule has 1 aliphatic rings. The summed E-state index contributed by atoms with van der Waals surface area (Å²) >= 11 is 3.51. The zero-order valence-electron chi connectivity index (χ0n) is 7.88. The molecule has 13 heavy (non-hydrogen) atoms. The molecule has 1 nitrogen and oxygen atoms in total. The van der Waals surface area contributed by atoms with E-state index in [-0.39, 0.29) is 10.4 Å². The van der Waals surface area contributed by atoms with Gasteiger partial charge in [-0.2, -0.15) is 0 Å². The van der Waals surface area contributed by atoms with E-state index < -0.39 is 0 Å². The molecule has 1 aliphatic heterocycles. The monoisotopic (exact) mass is 240 g/mol. The number of benzene rings is 1. The summed E-state index contributed by atoms with van der Waals surface area (Å²) in [5.74, 6) is 1.01. The molecule has 0 N–H and O–H groups in total. The third kappa shape index (κ3) is 1.60. The molecular formula is C11H13BrO. The Hall–Kier alpha value is -0.500. The lowest BCUT2D eigenvalue weighted by Crippen LogP contribution is -2.30. The number of hydrogen-bond acceptors (Lipinski definition) is 1. The second kappa shape index (κ2) is 3.02. The SMILES string of the molecule is CC1(C)CC(Br)Oc2ccccc21. The maximum absolute atomic E-state index is 5.68. The first-order chi connectivity index (χ1) is 6.09. The van der Waals surface area contributed by atoms with Crippen LogP contribution in [0.15, 0.2) is 24.3 Å². The molecule has 2 heteroatoms. The Bertz CT molecular complexity index is 320. The van der Waals surface area contributed by atoms with Crippen LogP contribution in [0.2, 0.25) is 0 Å². The molecule has 70 valence electrons. The van der Waals surface area contributed by atoms with E-state index in [4.69, 9.17) is 4.74 Å². The molecule has 0 amide bonds. The van der Waals surface area contributed by atoms with Gasteiger partial charge in [0.15, 0.2) is 5.01 Å². The van der Waals surface area contributed by atoms with E-state index in [0.717, 1.165) is 12.2 Å². The highest BCUT2D eigenvalue weighted by atomic mass is 79.9.